The van der Waals surface area contributed by atoms with Gasteiger partial charge >= 0.3 is 0 Å². The number of fused-ring (bicyclic) bond motifs is 1. The smallest absolute Gasteiger partial charge is 0.248 e. The van der Waals surface area contributed by atoms with E-state index in [1.165, 1.54) is 6.07 Å². The third-order valence-electron chi connectivity index (χ3n) is 3.07. The zero-order valence-electron chi connectivity index (χ0n) is 11.2. The van der Waals surface area contributed by atoms with Crippen molar-refractivity contribution in [3.63, 3.8) is 0 Å². The lowest BCUT2D eigenvalue weighted by molar-refractivity contribution is 0.588. The first-order chi connectivity index (χ1) is 8.30. The Morgan fingerprint density at radius 2 is 1.78 bits per heavy atom. The number of nitrogens with one attached hydrogen (secondary N) is 1. The van der Waals surface area contributed by atoms with Gasteiger partial charge in [-0.3, -0.25) is 4.79 Å². The molecule has 1 aromatic heterocycles. The molecule has 0 unspecified atom stereocenters. The summed E-state index contributed by atoms with van der Waals surface area (Å²) in [5, 5.41) is 1.79. The molecule has 3 nitrogen and oxygen atoms in total. The molecule has 0 radical (unpaired) electrons. The summed E-state index contributed by atoms with van der Waals surface area (Å²) in [5.74, 6) is 0.310. The minimum Gasteiger partial charge on any atom is -0.322 e. The van der Waals surface area contributed by atoms with Crippen LogP contribution >= 0.6 is 7.14 Å². The van der Waals surface area contributed by atoms with Crippen molar-refractivity contribution in [2.24, 2.45) is 0 Å². The largest absolute Gasteiger partial charge is 0.322 e. The molecule has 0 saturated heterocycles. The molecular formula is C14H18NO2P. The SMILES string of the molecule is CC(C)c1ccc2[nH]c(=O)ccc2c1P(C)(C)=O. The average molecular weight is 263 g/mol. The monoisotopic (exact) mass is 263 g/mol. The lowest BCUT2D eigenvalue weighted by Crippen LogP contribution is -2.15. The molecule has 0 spiro atoms. The molecule has 0 saturated carbocycles. The second kappa shape index (κ2) is 4.40. The van der Waals surface area contributed by atoms with Crippen LogP contribution in [0.15, 0.2) is 29.1 Å². The number of aromatic nitrogens is 1. The highest BCUT2D eigenvalue weighted by atomic mass is 31.2. The maximum absolute atomic E-state index is 12.5. The number of hydrogen-bond acceptors (Lipinski definition) is 2. The summed E-state index contributed by atoms with van der Waals surface area (Å²) in [6.45, 7) is 7.73. The lowest BCUT2D eigenvalue weighted by Gasteiger charge is -2.18. The van der Waals surface area contributed by atoms with Crippen molar-refractivity contribution in [2.75, 3.05) is 13.3 Å². The molecule has 4 heteroatoms. The van der Waals surface area contributed by atoms with E-state index in [4.69, 9.17) is 0 Å². The fourth-order valence-electron chi connectivity index (χ4n) is 2.30. The molecule has 0 aliphatic heterocycles. The number of H-pyrrole nitrogens is 1. The molecule has 1 aromatic carbocycles. The maximum atomic E-state index is 12.5. The number of aromatic amines is 1. The van der Waals surface area contributed by atoms with Crippen molar-refractivity contribution in [1.29, 1.82) is 0 Å². The summed E-state index contributed by atoms with van der Waals surface area (Å²) in [4.78, 5) is 14.1. The molecule has 0 atom stereocenters. The molecule has 96 valence electrons. The Morgan fingerprint density at radius 3 is 2.33 bits per heavy atom. The van der Waals surface area contributed by atoms with Crippen molar-refractivity contribution in [1.82, 2.24) is 4.98 Å². The van der Waals surface area contributed by atoms with E-state index in [-0.39, 0.29) is 5.56 Å². The van der Waals surface area contributed by atoms with Crippen molar-refractivity contribution in [3.8, 4) is 0 Å². The minimum absolute atomic E-state index is 0.132. The quantitative estimate of drug-likeness (QED) is 0.847. The molecule has 0 amide bonds. The lowest BCUT2D eigenvalue weighted by atomic mass is 10.0. The first-order valence-corrected chi connectivity index (χ1v) is 8.62. The van der Waals surface area contributed by atoms with Crippen LogP contribution in [-0.4, -0.2) is 18.3 Å². The summed E-state index contributed by atoms with van der Waals surface area (Å²) in [7, 11) is -2.39. The van der Waals surface area contributed by atoms with Crippen LogP contribution in [0.25, 0.3) is 10.9 Å². The second-order valence-electron chi connectivity index (χ2n) is 5.29. The van der Waals surface area contributed by atoms with E-state index in [2.05, 4.69) is 18.8 Å². The van der Waals surface area contributed by atoms with E-state index < -0.39 is 7.14 Å². The number of rotatable bonds is 2. The molecule has 0 bridgehead atoms. The van der Waals surface area contributed by atoms with Crippen LogP contribution in [-0.2, 0) is 4.57 Å². The van der Waals surface area contributed by atoms with E-state index >= 15 is 0 Å². The van der Waals surface area contributed by atoms with Crippen LogP contribution in [0, 0.1) is 0 Å². The Labute approximate surface area is 107 Å². The van der Waals surface area contributed by atoms with E-state index in [0.717, 1.165) is 21.8 Å². The molecule has 0 fully saturated rings. The van der Waals surface area contributed by atoms with Gasteiger partial charge in [0.25, 0.3) is 0 Å². The normalized spacial score (nSPS) is 12.3. The number of benzene rings is 1. The van der Waals surface area contributed by atoms with Crippen molar-refractivity contribution >= 4 is 23.3 Å². The van der Waals surface area contributed by atoms with E-state index in [9.17, 15) is 9.36 Å². The first kappa shape index (κ1) is 13.1. The third kappa shape index (κ3) is 2.28. The molecule has 18 heavy (non-hydrogen) atoms. The Kier molecular flexibility index (Phi) is 3.20. The van der Waals surface area contributed by atoms with Gasteiger partial charge in [0, 0.05) is 22.3 Å². The third-order valence-corrected chi connectivity index (χ3v) is 4.64. The summed E-state index contributed by atoms with van der Waals surface area (Å²) in [5.41, 5.74) is 1.72. The van der Waals surface area contributed by atoms with Crippen LogP contribution < -0.4 is 10.9 Å². The van der Waals surface area contributed by atoms with Gasteiger partial charge in [-0.1, -0.05) is 19.9 Å². The van der Waals surface area contributed by atoms with Gasteiger partial charge in [-0.15, -0.1) is 0 Å². The second-order valence-corrected chi connectivity index (χ2v) is 8.44. The molecule has 2 aromatic rings. The van der Waals surface area contributed by atoms with Crippen molar-refractivity contribution < 1.29 is 4.57 Å². The van der Waals surface area contributed by atoms with Gasteiger partial charge < -0.3 is 9.55 Å². The molecular weight excluding hydrogens is 245 g/mol. The zero-order chi connectivity index (χ0) is 13.5. The molecule has 0 aliphatic carbocycles. The van der Waals surface area contributed by atoms with Gasteiger partial charge in [0.1, 0.15) is 7.14 Å². The predicted molar refractivity (Wildman–Crippen MR) is 77.7 cm³/mol. The van der Waals surface area contributed by atoms with Gasteiger partial charge in [-0.2, -0.15) is 0 Å². The van der Waals surface area contributed by atoms with E-state index in [1.54, 1.807) is 19.4 Å². The van der Waals surface area contributed by atoms with Gasteiger partial charge in [-0.05, 0) is 36.9 Å². The standard InChI is InChI=1S/C14H18NO2P/c1-9(2)10-5-7-12-11(6-8-13(16)15-12)14(10)18(3,4)17/h5-9H,1-4H3,(H,15,16). The summed E-state index contributed by atoms with van der Waals surface area (Å²) in [6.07, 6.45) is 0. The highest BCUT2D eigenvalue weighted by molar-refractivity contribution is 7.70. The van der Waals surface area contributed by atoms with Gasteiger partial charge in [0.15, 0.2) is 0 Å². The van der Waals surface area contributed by atoms with Gasteiger partial charge in [-0.25, -0.2) is 0 Å². The summed E-state index contributed by atoms with van der Waals surface area (Å²) < 4.78 is 12.5. The van der Waals surface area contributed by atoms with Crippen LogP contribution in [0.3, 0.4) is 0 Å². The van der Waals surface area contributed by atoms with E-state index in [0.29, 0.717) is 5.92 Å². The van der Waals surface area contributed by atoms with Crippen LogP contribution in [0.5, 0.6) is 0 Å². The number of pyridine rings is 1. The Balaban J connectivity index is 2.95. The van der Waals surface area contributed by atoms with Gasteiger partial charge in [0.05, 0.1) is 0 Å². The van der Waals surface area contributed by atoms with Crippen LogP contribution in [0.1, 0.15) is 25.3 Å². The fourth-order valence-corrected chi connectivity index (χ4v) is 4.03. The van der Waals surface area contributed by atoms with Crippen LogP contribution in [0.2, 0.25) is 0 Å². The van der Waals surface area contributed by atoms with E-state index in [1.807, 2.05) is 12.1 Å². The molecule has 0 aliphatic rings. The highest BCUT2D eigenvalue weighted by Crippen LogP contribution is 2.40. The molecule has 2 rings (SSSR count). The zero-order valence-corrected chi connectivity index (χ0v) is 12.0. The summed E-state index contributed by atoms with van der Waals surface area (Å²) in [6, 6.07) is 7.13. The van der Waals surface area contributed by atoms with Crippen LogP contribution in [0.4, 0.5) is 0 Å². The van der Waals surface area contributed by atoms with Crippen molar-refractivity contribution in [3.05, 3.63) is 40.2 Å². The Morgan fingerprint density at radius 1 is 1.11 bits per heavy atom. The average Bonchev–Trinajstić information content (AvgIpc) is 2.25. The first-order valence-electron chi connectivity index (χ1n) is 6.02. The molecule has 1 N–H and O–H groups in total. The predicted octanol–water partition coefficient (Wildman–Crippen LogP) is 2.90. The molecule has 1 heterocycles. The Hall–Kier alpha value is -1.34. The van der Waals surface area contributed by atoms with Crippen molar-refractivity contribution in [2.45, 2.75) is 19.8 Å². The summed E-state index contributed by atoms with van der Waals surface area (Å²) >= 11 is 0. The Bertz CT molecular complexity index is 694. The minimum atomic E-state index is -2.39. The number of hydrogen-bond donors (Lipinski definition) is 1. The van der Waals surface area contributed by atoms with Gasteiger partial charge in [0.2, 0.25) is 5.56 Å². The fraction of sp³-hybridized carbons (Fsp3) is 0.357. The topological polar surface area (TPSA) is 49.9 Å². The highest BCUT2D eigenvalue weighted by Gasteiger charge is 2.21. The maximum Gasteiger partial charge on any atom is 0.248 e.